The zero-order valence-corrected chi connectivity index (χ0v) is 19.4. The lowest BCUT2D eigenvalue weighted by Gasteiger charge is -2.61. The van der Waals surface area contributed by atoms with E-state index in [0.29, 0.717) is 0 Å². The highest BCUT2D eigenvalue weighted by Crippen LogP contribution is 2.70. The molecule has 0 aromatic heterocycles. The van der Waals surface area contributed by atoms with Crippen molar-refractivity contribution in [3.63, 3.8) is 0 Å². The maximum absolute atomic E-state index is 2.55. The van der Waals surface area contributed by atoms with Gasteiger partial charge in [0, 0.05) is 5.41 Å². The topological polar surface area (TPSA) is 0 Å². The molecule has 0 unspecified atom stereocenters. The lowest BCUT2D eigenvalue weighted by atomic mass is 9.43. The predicted molar refractivity (Wildman–Crippen MR) is 142 cm³/mol. The standard InChI is InChI=1S/C34H28/c1-2-7-24-19-30-25(18-23(24)6-1)9-11-29-32-28-8-4-3-5-22(28)10-12-31(32)34(33(29)30)26-14-20-13-21(16-26)17-27(34)15-20/h1-12,18-21,26-27H,13-17H2. The number of hydrogen-bond acceptors (Lipinski definition) is 0. The molecule has 0 amide bonds. The fourth-order valence-corrected chi connectivity index (χ4v) is 9.48. The molecule has 5 aliphatic rings. The van der Waals surface area contributed by atoms with Gasteiger partial charge in [-0.05, 0) is 122 Å². The van der Waals surface area contributed by atoms with Gasteiger partial charge < -0.3 is 0 Å². The van der Waals surface area contributed by atoms with Crippen LogP contribution in [0.1, 0.15) is 43.2 Å². The van der Waals surface area contributed by atoms with Crippen molar-refractivity contribution in [1.82, 2.24) is 0 Å². The van der Waals surface area contributed by atoms with Crippen LogP contribution in [-0.2, 0) is 5.41 Å². The first-order valence-electron chi connectivity index (χ1n) is 13.3. The lowest BCUT2D eigenvalue weighted by molar-refractivity contribution is -0.0393. The highest BCUT2D eigenvalue weighted by Gasteiger charge is 2.62. The molecule has 164 valence electrons. The molecule has 0 aliphatic heterocycles. The molecule has 0 nitrogen and oxygen atoms in total. The van der Waals surface area contributed by atoms with Crippen LogP contribution < -0.4 is 0 Å². The van der Waals surface area contributed by atoms with Gasteiger partial charge in [-0.3, -0.25) is 0 Å². The summed E-state index contributed by atoms with van der Waals surface area (Å²) in [6, 6.07) is 32.9. The summed E-state index contributed by atoms with van der Waals surface area (Å²) in [6.07, 6.45) is 7.23. The van der Waals surface area contributed by atoms with Gasteiger partial charge in [0.1, 0.15) is 0 Å². The van der Waals surface area contributed by atoms with Crippen molar-refractivity contribution in [3.05, 3.63) is 96.1 Å². The van der Waals surface area contributed by atoms with Gasteiger partial charge in [0.2, 0.25) is 0 Å². The summed E-state index contributed by atoms with van der Waals surface area (Å²) in [5.74, 6) is 3.53. The quantitative estimate of drug-likeness (QED) is 0.213. The number of fused-ring (bicyclic) bond motifs is 8. The molecule has 5 aromatic rings. The molecule has 5 aliphatic carbocycles. The Morgan fingerprint density at radius 1 is 0.529 bits per heavy atom. The van der Waals surface area contributed by atoms with Gasteiger partial charge in [-0.1, -0.05) is 72.8 Å². The molecule has 5 aromatic carbocycles. The lowest BCUT2D eigenvalue weighted by Crippen LogP contribution is -2.55. The molecule has 4 saturated carbocycles. The van der Waals surface area contributed by atoms with Crippen molar-refractivity contribution in [2.75, 3.05) is 0 Å². The predicted octanol–water partition coefficient (Wildman–Crippen LogP) is 8.87. The van der Waals surface area contributed by atoms with Gasteiger partial charge in [-0.2, -0.15) is 0 Å². The molecule has 0 saturated heterocycles. The van der Waals surface area contributed by atoms with Crippen LogP contribution in [0.4, 0.5) is 0 Å². The smallest absolute Gasteiger partial charge is 0.0278 e. The average Bonchev–Trinajstić information content (AvgIpc) is 3.17. The van der Waals surface area contributed by atoms with Gasteiger partial charge in [0.15, 0.2) is 0 Å². The molecule has 0 atom stereocenters. The fraction of sp³-hybridized carbons (Fsp3) is 0.294. The van der Waals surface area contributed by atoms with E-state index < -0.39 is 0 Å². The molecule has 34 heavy (non-hydrogen) atoms. The van der Waals surface area contributed by atoms with Crippen molar-refractivity contribution in [1.29, 1.82) is 0 Å². The summed E-state index contributed by atoms with van der Waals surface area (Å²) < 4.78 is 0. The molecule has 4 fully saturated rings. The normalized spacial score (nSPS) is 30.5. The van der Waals surface area contributed by atoms with Crippen LogP contribution in [0, 0.1) is 23.7 Å². The molecular weight excluding hydrogens is 408 g/mol. The molecule has 4 bridgehead atoms. The Bertz CT molecular complexity index is 1640. The second-order valence-corrected chi connectivity index (χ2v) is 11.8. The SMILES string of the molecule is c1ccc2cc3c4c(ccc3cc2c1)-c1c(ccc2ccccc12)C41C2CC3CC(C2)CC1C3. The molecule has 0 radical (unpaired) electrons. The first-order chi connectivity index (χ1) is 16.8. The Kier molecular flexibility index (Phi) is 3.28. The van der Waals surface area contributed by atoms with Crippen LogP contribution in [0.5, 0.6) is 0 Å². The molecule has 0 N–H and O–H groups in total. The summed E-state index contributed by atoms with van der Waals surface area (Å²) in [4.78, 5) is 0. The van der Waals surface area contributed by atoms with Crippen molar-refractivity contribution in [2.45, 2.75) is 37.5 Å². The summed E-state index contributed by atoms with van der Waals surface area (Å²) in [6.45, 7) is 0. The van der Waals surface area contributed by atoms with Gasteiger partial charge in [-0.25, -0.2) is 0 Å². The highest BCUT2D eigenvalue weighted by atomic mass is 14.6. The van der Waals surface area contributed by atoms with E-state index in [-0.39, 0.29) is 5.41 Å². The summed E-state index contributed by atoms with van der Waals surface area (Å²) in [5, 5.41) is 8.50. The van der Waals surface area contributed by atoms with Crippen LogP contribution in [0.2, 0.25) is 0 Å². The molecule has 10 rings (SSSR count). The maximum atomic E-state index is 2.55. The summed E-state index contributed by atoms with van der Waals surface area (Å²) >= 11 is 0. The van der Waals surface area contributed by atoms with E-state index in [4.69, 9.17) is 0 Å². The van der Waals surface area contributed by atoms with E-state index in [9.17, 15) is 0 Å². The summed E-state index contributed by atoms with van der Waals surface area (Å²) in [7, 11) is 0. The molecule has 0 heteroatoms. The molecule has 0 heterocycles. The average molecular weight is 437 g/mol. The van der Waals surface area contributed by atoms with Crippen molar-refractivity contribution in [3.8, 4) is 11.1 Å². The van der Waals surface area contributed by atoms with Crippen LogP contribution in [-0.4, -0.2) is 0 Å². The zero-order valence-electron chi connectivity index (χ0n) is 19.4. The Hall–Kier alpha value is -3.12. The minimum atomic E-state index is 0.198. The number of rotatable bonds is 0. The van der Waals surface area contributed by atoms with Crippen LogP contribution >= 0.6 is 0 Å². The Morgan fingerprint density at radius 3 is 1.94 bits per heavy atom. The zero-order chi connectivity index (χ0) is 22.0. The Morgan fingerprint density at radius 2 is 1.18 bits per heavy atom. The van der Waals surface area contributed by atoms with E-state index in [1.165, 1.54) is 70.0 Å². The third kappa shape index (κ3) is 2.04. The maximum Gasteiger partial charge on any atom is 0.0278 e. The van der Waals surface area contributed by atoms with Gasteiger partial charge >= 0.3 is 0 Å². The van der Waals surface area contributed by atoms with Crippen molar-refractivity contribution in [2.24, 2.45) is 23.7 Å². The van der Waals surface area contributed by atoms with E-state index in [2.05, 4.69) is 84.9 Å². The minimum Gasteiger partial charge on any atom is -0.0616 e. The summed E-state index contributed by atoms with van der Waals surface area (Å²) in [5.41, 5.74) is 6.63. The van der Waals surface area contributed by atoms with E-state index >= 15 is 0 Å². The monoisotopic (exact) mass is 436 g/mol. The molecular formula is C34H28. The largest absolute Gasteiger partial charge is 0.0616 e. The number of hydrogen-bond donors (Lipinski definition) is 0. The van der Waals surface area contributed by atoms with Crippen LogP contribution in [0.15, 0.2) is 84.9 Å². The van der Waals surface area contributed by atoms with E-state index in [1.54, 1.807) is 16.7 Å². The minimum absolute atomic E-state index is 0.198. The van der Waals surface area contributed by atoms with E-state index in [1.807, 2.05) is 0 Å². The van der Waals surface area contributed by atoms with Gasteiger partial charge in [0.05, 0.1) is 0 Å². The van der Waals surface area contributed by atoms with E-state index in [0.717, 1.165) is 23.7 Å². The first-order valence-corrected chi connectivity index (χ1v) is 13.3. The molecule has 1 spiro atoms. The van der Waals surface area contributed by atoms with Gasteiger partial charge in [-0.15, -0.1) is 0 Å². The third-order valence-corrected chi connectivity index (χ3v) is 10.4. The number of benzene rings is 5. The van der Waals surface area contributed by atoms with Crippen LogP contribution in [0.3, 0.4) is 0 Å². The Labute approximate surface area is 200 Å². The first kappa shape index (κ1) is 18.2. The fourth-order valence-electron chi connectivity index (χ4n) is 9.48. The second kappa shape index (κ2) is 6.11. The highest BCUT2D eigenvalue weighted by molar-refractivity contribution is 6.09. The third-order valence-electron chi connectivity index (χ3n) is 10.4. The second-order valence-electron chi connectivity index (χ2n) is 11.8. The van der Waals surface area contributed by atoms with Crippen LogP contribution in [0.25, 0.3) is 43.4 Å². The Balaban J connectivity index is 1.47. The van der Waals surface area contributed by atoms with Crippen molar-refractivity contribution < 1.29 is 0 Å². The van der Waals surface area contributed by atoms with Gasteiger partial charge in [0.25, 0.3) is 0 Å². The van der Waals surface area contributed by atoms with Crippen molar-refractivity contribution >= 4 is 32.3 Å².